The molecule has 3 heterocycles. The van der Waals surface area contributed by atoms with E-state index in [4.69, 9.17) is 0 Å². The van der Waals surface area contributed by atoms with Gasteiger partial charge in [-0.05, 0) is 31.9 Å². The van der Waals surface area contributed by atoms with Crippen LogP contribution in [0.15, 0.2) is 21.7 Å². The molecule has 0 aliphatic carbocycles. The number of thiophene rings is 1. The van der Waals surface area contributed by atoms with Gasteiger partial charge in [0.15, 0.2) is 0 Å². The highest BCUT2D eigenvalue weighted by atomic mass is 32.2. The fourth-order valence-electron chi connectivity index (χ4n) is 3.04. The second kappa shape index (κ2) is 8.38. The molecule has 0 aromatic carbocycles. The van der Waals surface area contributed by atoms with Crippen LogP contribution in [0.1, 0.15) is 48.2 Å². The third-order valence-corrected chi connectivity index (χ3v) is 9.10. The molecule has 0 bridgehead atoms. The monoisotopic (exact) mass is 427 g/mol. The summed E-state index contributed by atoms with van der Waals surface area (Å²) >= 11 is 2.87. The third kappa shape index (κ3) is 4.77. The molecule has 0 saturated carbocycles. The SMILES string of the molecule is Cc1ccc(S(=O)(=O)N2CCCC(C(=O)NCc3csc(C(C)C)n3)C2)s1. The summed E-state index contributed by atoms with van der Waals surface area (Å²) in [5.41, 5.74) is 0.853. The minimum Gasteiger partial charge on any atom is -0.350 e. The fraction of sp³-hybridized carbons (Fsp3) is 0.556. The maximum Gasteiger partial charge on any atom is 0.252 e. The molecule has 1 amide bonds. The summed E-state index contributed by atoms with van der Waals surface area (Å²) in [5, 5.41) is 5.94. The maximum absolute atomic E-state index is 12.8. The van der Waals surface area contributed by atoms with Gasteiger partial charge in [-0.3, -0.25) is 4.79 Å². The minimum atomic E-state index is -3.52. The fourth-order valence-corrected chi connectivity index (χ4v) is 6.84. The maximum atomic E-state index is 12.8. The highest BCUT2D eigenvalue weighted by Gasteiger charge is 2.33. The van der Waals surface area contributed by atoms with Gasteiger partial charge in [-0.2, -0.15) is 4.31 Å². The van der Waals surface area contributed by atoms with E-state index >= 15 is 0 Å². The molecule has 6 nitrogen and oxygen atoms in total. The normalized spacial score (nSPS) is 18.7. The van der Waals surface area contributed by atoms with Crippen molar-refractivity contribution in [2.24, 2.45) is 5.92 Å². The van der Waals surface area contributed by atoms with Gasteiger partial charge in [0.1, 0.15) is 4.21 Å². The number of hydrogen-bond donors (Lipinski definition) is 1. The predicted octanol–water partition coefficient (Wildman–Crippen LogP) is 3.35. The van der Waals surface area contributed by atoms with Crippen LogP contribution in [0.2, 0.25) is 0 Å². The molecule has 2 aromatic heterocycles. The van der Waals surface area contributed by atoms with Crippen LogP contribution >= 0.6 is 22.7 Å². The molecule has 2 aromatic rings. The van der Waals surface area contributed by atoms with Crippen molar-refractivity contribution in [1.82, 2.24) is 14.6 Å². The van der Waals surface area contributed by atoms with Gasteiger partial charge < -0.3 is 5.32 Å². The molecule has 1 fully saturated rings. The molecule has 27 heavy (non-hydrogen) atoms. The van der Waals surface area contributed by atoms with Crippen LogP contribution < -0.4 is 5.32 Å². The van der Waals surface area contributed by atoms with Gasteiger partial charge in [-0.15, -0.1) is 22.7 Å². The first-order chi connectivity index (χ1) is 12.8. The van der Waals surface area contributed by atoms with E-state index in [1.165, 1.54) is 15.6 Å². The Balaban J connectivity index is 1.60. The highest BCUT2D eigenvalue weighted by molar-refractivity contribution is 7.91. The number of piperidine rings is 1. The zero-order valence-electron chi connectivity index (χ0n) is 15.8. The number of carbonyl (C=O) groups is 1. The summed E-state index contributed by atoms with van der Waals surface area (Å²) < 4.78 is 27.4. The molecule has 1 atom stereocenters. The molecule has 1 aliphatic rings. The lowest BCUT2D eigenvalue weighted by Crippen LogP contribution is -2.45. The van der Waals surface area contributed by atoms with Crippen LogP contribution in [-0.4, -0.2) is 36.7 Å². The van der Waals surface area contributed by atoms with Crippen molar-refractivity contribution < 1.29 is 13.2 Å². The van der Waals surface area contributed by atoms with Crippen molar-refractivity contribution >= 4 is 38.6 Å². The zero-order valence-corrected chi connectivity index (χ0v) is 18.2. The van der Waals surface area contributed by atoms with Gasteiger partial charge in [0.05, 0.1) is 23.2 Å². The summed E-state index contributed by atoms with van der Waals surface area (Å²) in [6.07, 6.45) is 1.39. The number of sulfonamides is 1. The largest absolute Gasteiger partial charge is 0.350 e. The molecule has 3 rings (SSSR count). The standard InChI is InChI=1S/C18H25N3O3S3/c1-12(2)18-20-15(11-25-18)9-19-17(22)14-5-4-8-21(10-14)27(23,24)16-7-6-13(3)26-16/h6-7,11-12,14H,4-5,8-10H2,1-3H3,(H,19,22). The number of amides is 1. The van der Waals surface area contributed by atoms with Crippen LogP contribution in [0, 0.1) is 12.8 Å². The first-order valence-electron chi connectivity index (χ1n) is 9.06. The van der Waals surface area contributed by atoms with E-state index in [0.29, 0.717) is 36.1 Å². The molecular formula is C18H25N3O3S3. The van der Waals surface area contributed by atoms with Gasteiger partial charge in [0.2, 0.25) is 5.91 Å². The van der Waals surface area contributed by atoms with Crippen LogP contribution in [0.3, 0.4) is 0 Å². The van der Waals surface area contributed by atoms with Crippen molar-refractivity contribution in [3.63, 3.8) is 0 Å². The lowest BCUT2D eigenvalue weighted by Gasteiger charge is -2.30. The molecule has 1 unspecified atom stereocenters. The number of hydrogen-bond acceptors (Lipinski definition) is 6. The van der Waals surface area contributed by atoms with E-state index in [-0.39, 0.29) is 18.4 Å². The van der Waals surface area contributed by atoms with Crippen molar-refractivity contribution in [3.05, 3.63) is 33.1 Å². The van der Waals surface area contributed by atoms with Gasteiger partial charge in [0, 0.05) is 29.3 Å². The number of aryl methyl sites for hydroxylation is 1. The zero-order chi connectivity index (χ0) is 19.6. The van der Waals surface area contributed by atoms with E-state index in [1.54, 1.807) is 17.4 Å². The summed E-state index contributed by atoms with van der Waals surface area (Å²) in [6.45, 7) is 7.15. The van der Waals surface area contributed by atoms with Crippen LogP contribution in [0.5, 0.6) is 0 Å². The van der Waals surface area contributed by atoms with Crippen molar-refractivity contribution in [2.45, 2.75) is 50.3 Å². The summed E-state index contributed by atoms with van der Waals surface area (Å²) in [7, 11) is -3.52. The molecule has 148 valence electrons. The van der Waals surface area contributed by atoms with Gasteiger partial charge >= 0.3 is 0 Å². The quantitative estimate of drug-likeness (QED) is 0.767. The molecule has 1 saturated heterocycles. The summed E-state index contributed by atoms with van der Waals surface area (Å²) in [6, 6.07) is 3.46. The lowest BCUT2D eigenvalue weighted by molar-refractivity contribution is -0.126. The van der Waals surface area contributed by atoms with Gasteiger partial charge in [-0.1, -0.05) is 13.8 Å². The second-order valence-corrected chi connectivity index (χ2v) is 11.5. The Bertz CT molecular complexity index is 902. The Labute approximate surface area is 168 Å². The number of aromatic nitrogens is 1. The van der Waals surface area contributed by atoms with E-state index in [1.807, 2.05) is 18.4 Å². The van der Waals surface area contributed by atoms with Gasteiger partial charge in [0.25, 0.3) is 10.0 Å². The Kier molecular flexibility index (Phi) is 6.35. The van der Waals surface area contributed by atoms with Crippen molar-refractivity contribution in [2.75, 3.05) is 13.1 Å². The van der Waals surface area contributed by atoms with E-state index in [0.717, 1.165) is 15.6 Å². The first-order valence-corrected chi connectivity index (χ1v) is 12.2. The lowest BCUT2D eigenvalue weighted by atomic mass is 9.99. The molecule has 1 aliphatic heterocycles. The van der Waals surface area contributed by atoms with Crippen LogP contribution in [0.25, 0.3) is 0 Å². The van der Waals surface area contributed by atoms with Crippen LogP contribution in [0.4, 0.5) is 0 Å². The first kappa shape index (κ1) is 20.4. The predicted molar refractivity (Wildman–Crippen MR) is 109 cm³/mol. The smallest absolute Gasteiger partial charge is 0.252 e. The Morgan fingerprint density at radius 1 is 1.41 bits per heavy atom. The molecule has 0 radical (unpaired) electrons. The Morgan fingerprint density at radius 2 is 2.19 bits per heavy atom. The Morgan fingerprint density at radius 3 is 2.81 bits per heavy atom. The summed E-state index contributed by atoms with van der Waals surface area (Å²) in [4.78, 5) is 18.1. The van der Waals surface area contributed by atoms with Crippen molar-refractivity contribution in [3.8, 4) is 0 Å². The average Bonchev–Trinajstić information content (AvgIpc) is 3.29. The topological polar surface area (TPSA) is 79.4 Å². The third-order valence-electron chi connectivity index (χ3n) is 4.57. The molecular weight excluding hydrogens is 402 g/mol. The number of rotatable bonds is 6. The summed E-state index contributed by atoms with van der Waals surface area (Å²) in [5.74, 6) is -0.0494. The van der Waals surface area contributed by atoms with Crippen molar-refractivity contribution in [1.29, 1.82) is 0 Å². The highest BCUT2D eigenvalue weighted by Crippen LogP contribution is 2.28. The van der Waals surface area contributed by atoms with E-state index in [9.17, 15) is 13.2 Å². The molecule has 9 heteroatoms. The van der Waals surface area contributed by atoms with Gasteiger partial charge in [-0.25, -0.2) is 13.4 Å². The minimum absolute atomic E-state index is 0.101. The molecule has 1 N–H and O–H groups in total. The van der Waals surface area contributed by atoms with E-state index in [2.05, 4.69) is 24.1 Å². The number of thiazole rings is 1. The average molecular weight is 428 g/mol. The number of nitrogens with zero attached hydrogens (tertiary/aromatic N) is 2. The van der Waals surface area contributed by atoms with E-state index < -0.39 is 10.0 Å². The second-order valence-electron chi connectivity index (χ2n) is 7.12. The number of nitrogens with one attached hydrogen (secondary N) is 1. The molecule has 0 spiro atoms. The number of carbonyl (C=O) groups excluding carboxylic acids is 1. The Hall–Kier alpha value is -1.29. The van der Waals surface area contributed by atoms with Crippen LogP contribution in [-0.2, 0) is 21.4 Å².